The van der Waals surface area contributed by atoms with Crippen molar-refractivity contribution in [3.8, 4) is 0 Å². The van der Waals surface area contributed by atoms with Crippen molar-refractivity contribution in [3.63, 3.8) is 0 Å². The van der Waals surface area contributed by atoms with E-state index in [1.807, 2.05) is 0 Å². The van der Waals surface area contributed by atoms with E-state index in [0.29, 0.717) is 41.6 Å². The molecule has 2 N–H and O–H groups in total. The average Bonchev–Trinajstić information content (AvgIpc) is 3.11. The van der Waals surface area contributed by atoms with Crippen molar-refractivity contribution < 1.29 is 19.4 Å². The number of carboxylic acids is 1. The van der Waals surface area contributed by atoms with Gasteiger partial charge in [0.25, 0.3) is 0 Å². The number of aliphatic hydroxyl groups is 1. The highest BCUT2D eigenvalue weighted by Gasteiger charge is 2.65. The van der Waals surface area contributed by atoms with Crippen LogP contribution in [0.15, 0.2) is 0 Å². The third-order valence-electron chi connectivity index (χ3n) is 12.9. The van der Waals surface area contributed by atoms with E-state index in [0.717, 1.165) is 32.1 Å². The molecular weight excluding hydrogens is 464 g/mol. The van der Waals surface area contributed by atoms with Gasteiger partial charge in [-0.05, 0) is 115 Å². The number of rotatable bonds is 6. The third-order valence-corrected chi connectivity index (χ3v) is 17.4. The molecule has 208 valence electrons. The zero-order valence-corrected chi connectivity index (χ0v) is 25.8. The quantitative estimate of drug-likeness (QED) is 0.351. The number of hydrogen-bond donors (Lipinski definition) is 2. The predicted molar refractivity (Wildman–Crippen MR) is 149 cm³/mol. The van der Waals surface area contributed by atoms with Crippen LogP contribution < -0.4 is 0 Å². The number of carboxylic acid groups (broad SMARTS) is 1. The summed E-state index contributed by atoms with van der Waals surface area (Å²) in [6.07, 6.45) is 9.61. The second kappa shape index (κ2) is 9.66. The molecule has 5 heteroatoms. The fourth-order valence-electron chi connectivity index (χ4n) is 10.0. The van der Waals surface area contributed by atoms with Crippen molar-refractivity contribution in [1.29, 1.82) is 0 Å². The van der Waals surface area contributed by atoms with Crippen molar-refractivity contribution in [3.05, 3.63) is 0 Å². The lowest BCUT2D eigenvalue weighted by molar-refractivity contribution is -0.202. The van der Waals surface area contributed by atoms with Crippen molar-refractivity contribution in [2.75, 3.05) is 0 Å². The highest BCUT2D eigenvalue weighted by atomic mass is 28.4. The molecule has 0 aliphatic heterocycles. The minimum atomic E-state index is -1.82. The maximum Gasteiger partial charge on any atom is 0.303 e. The normalized spacial score (nSPS) is 45.9. The van der Waals surface area contributed by atoms with Crippen molar-refractivity contribution in [1.82, 2.24) is 0 Å². The molecule has 4 saturated carbocycles. The Morgan fingerprint density at radius 1 is 1.03 bits per heavy atom. The number of carbonyl (C=O) groups is 1. The van der Waals surface area contributed by atoms with Gasteiger partial charge < -0.3 is 14.6 Å². The first-order valence-electron chi connectivity index (χ1n) is 15.1. The molecule has 4 rings (SSSR count). The second-order valence-electron chi connectivity index (χ2n) is 15.5. The molecule has 0 aromatic rings. The fourth-order valence-corrected chi connectivity index (χ4v) is 11.4. The number of hydrogen-bond acceptors (Lipinski definition) is 3. The molecule has 0 radical (unpaired) electrons. The van der Waals surface area contributed by atoms with E-state index in [9.17, 15) is 15.0 Å². The highest BCUT2D eigenvalue weighted by Crippen LogP contribution is 2.69. The van der Waals surface area contributed by atoms with E-state index in [1.165, 1.54) is 19.3 Å². The lowest BCUT2D eigenvalue weighted by Crippen LogP contribution is -2.62. The number of aliphatic carboxylic acids is 1. The smallest absolute Gasteiger partial charge is 0.303 e. The third kappa shape index (κ3) is 4.55. The molecule has 0 amide bonds. The van der Waals surface area contributed by atoms with Gasteiger partial charge in [-0.3, -0.25) is 4.79 Å². The first-order chi connectivity index (χ1) is 16.6. The van der Waals surface area contributed by atoms with Gasteiger partial charge in [0.15, 0.2) is 8.32 Å². The monoisotopic (exact) mass is 520 g/mol. The Balaban J connectivity index is 1.59. The van der Waals surface area contributed by atoms with Crippen LogP contribution in [0.4, 0.5) is 0 Å². The molecule has 0 spiro atoms. The van der Waals surface area contributed by atoms with Gasteiger partial charge in [-0.25, -0.2) is 0 Å². The maximum absolute atomic E-state index is 12.1. The second-order valence-corrected chi connectivity index (χ2v) is 20.3. The summed E-state index contributed by atoms with van der Waals surface area (Å²) in [6.45, 7) is 21.3. The standard InChI is InChI=1S/C31H56O4Si/c1-10-21-25-18-20(35-36(8,9)29(3,4)5)13-15-31(25,7)24-14-16-30(6)22(19(2)17-26(32)33)11-12-23(30)27(24)28(21)34/h19-25,27-28,34H,10-18H2,1-9H3,(H,32,33)/t19-,20?,21-,22-,23+,24+,25+,27+,28-,30-,31-/m1/s1. The summed E-state index contributed by atoms with van der Waals surface area (Å²) in [6, 6.07) is 0. The van der Waals surface area contributed by atoms with E-state index in [4.69, 9.17) is 4.43 Å². The van der Waals surface area contributed by atoms with Gasteiger partial charge in [0.2, 0.25) is 0 Å². The first kappa shape index (κ1) is 28.6. The van der Waals surface area contributed by atoms with Gasteiger partial charge in [0, 0.05) is 12.5 Å². The molecule has 1 unspecified atom stereocenters. The summed E-state index contributed by atoms with van der Waals surface area (Å²) in [7, 11) is -1.82. The Kier molecular flexibility index (Phi) is 7.68. The molecule has 4 fully saturated rings. The minimum Gasteiger partial charge on any atom is -0.481 e. The fraction of sp³-hybridized carbons (Fsp3) is 0.968. The predicted octanol–water partition coefficient (Wildman–Crippen LogP) is 7.75. The van der Waals surface area contributed by atoms with Gasteiger partial charge in [0.1, 0.15) is 0 Å². The summed E-state index contributed by atoms with van der Waals surface area (Å²) in [4.78, 5) is 11.5. The summed E-state index contributed by atoms with van der Waals surface area (Å²) >= 11 is 0. The Morgan fingerprint density at radius 3 is 2.22 bits per heavy atom. The Hall–Kier alpha value is -0.393. The van der Waals surface area contributed by atoms with Crippen LogP contribution in [-0.2, 0) is 9.22 Å². The Bertz CT molecular complexity index is 820. The molecule has 0 aromatic heterocycles. The summed E-state index contributed by atoms with van der Waals surface area (Å²) in [5.74, 6) is 2.37. The van der Waals surface area contributed by atoms with Gasteiger partial charge in [-0.1, -0.05) is 54.9 Å². The van der Waals surface area contributed by atoms with E-state index in [1.54, 1.807) is 0 Å². The van der Waals surface area contributed by atoms with Crippen LogP contribution >= 0.6 is 0 Å². The van der Waals surface area contributed by atoms with E-state index in [2.05, 4.69) is 61.6 Å². The molecule has 4 nitrogen and oxygen atoms in total. The molecule has 4 aliphatic rings. The molecule has 0 aromatic carbocycles. The molecule has 0 heterocycles. The zero-order valence-electron chi connectivity index (χ0n) is 24.8. The van der Waals surface area contributed by atoms with Crippen LogP contribution in [0.2, 0.25) is 18.1 Å². The van der Waals surface area contributed by atoms with Gasteiger partial charge >= 0.3 is 5.97 Å². The maximum atomic E-state index is 12.1. The highest BCUT2D eigenvalue weighted by molar-refractivity contribution is 6.74. The van der Waals surface area contributed by atoms with Crippen molar-refractivity contribution >= 4 is 14.3 Å². The van der Waals surface area contributed by atoms with Crippen LogP contribution in [0.1, 0.15) is 106 Å². The average molecular weight is 521 g/mol. The van der Waals surface area contributed by atoms with E-state index in [-0.39, 0.29) is 34.3 Å². The van der Waals surface area contributed by atoms with Crippen LogP contribution in [0.5, 0.6) is 0 Å². The van der Waals surface area contributed by atoms with Gasteiger partial charge in [0.05, 0.1) is 6.10 Å². The van der Waals surface area contributed by atoms with Crippen LogP contribution in [0.25, 0.3) is 0 Å². The molecule has 4 aliphatic carbocycles. The largest absolute Gasteiger partial charge is 0.481 e. The number of aliphatic hydroxyl groups excluding tert-OH is 1. The topological polar surface area (TPSA) is 66.8 Å². The summed E-state index contributed by atoms with van der Waals surface area (Å²) in [5, 5.41) is 21.8. The Labute approximate surface area is 222 Å². The molecule has 36 heavy (non-hydrogen) atoms. The van der Waals surface area contributed by atoms with Crippen LogP contribution in [0, 0.1) is 52.3 Å². The number of fused-ring (bicyclic) bond motifs is 5. The molecular formula is C31H56O4Si. The summed E-state index contributed by atoms with van der Waals surface area (Å²) < 4.78 is 6.97. The van der Waals surface area contributed by atoms with Crippen molar-refractivity contribution in [2.45, 2.75) is 137 Å². The molecule has 0 saturated heterocycles. The lowest BCUT2D eigenvalue weighted by atomic mass is 9.41. The van der Waals surface area contributed by atoms with Gasteiger partial charge in [-0.15, -0.1) is 0 Å². The zero-order chi connectivity index (χ0) is 26.8. The van der Waals surface area contributed by atoms with E-state index >= 15 is 0 Å². The Morgan fingerprint density at radius 2 is 1.64 bits per heavy atom. The summed E-state index contributed by atoms with van der Waals surface area (Å²) in [5.41, 5.74) is 0.450. The van der Waals surface area contributed by atoms with Crippen LogP contribution in [-0.4, -0.2) is 36.7 Å². The molecule has 11 atom stereocenters. The molecule has 0 bridgehead atoms. The lowest BCUT2D eigenvalue weighted by Gasteiger charge is -2.65. The van der Waals surface area contributed by atoms with Gasteiger partial charge in [-0.2, -0.15) is 0 Å². The minimum absolute atomic E-state index is 0.168. The first-order valence-corrected chi connectivity index (χ1v) is 18.0. The van der Waals surface area contributed by atoms with Crippen molar-refractivity contribution in [2.24, 2.45) is 52.3 Å². The SMILES string of the molecule is CC[C@H]1[C@@H](O)[C@@H]2[C@H](CC[C@]3(C)[C@@H]([C@H](C)CC(=O)O)CC[C@@H]23)[C@@]2(C)CCC(O[Si](C)(C)C(C)(C)C)C[C@@H]12. The van der Waals surface area contributed by atoms with E-state index < -0.39 is 14.3 Å². The van der Waals surface area contributed by atoms with Crippen LogP contribution in [0.3, 0.4) is 0 Å².